The molecule has 1 aromatic carbocycles. The van der Waals surface area contributed by atoms with Gasteiger partial charge >= 0.3 is 5.97 Å². The largest absolute Gasteiger partial charge is 0.449 e. The van der Waals surface area contributed by atoms with Gasteiger partial charge in [0.2, 0.25) is 5.76 Å². The van der Waals surface area contributed by atoms with Crippen molar-refractivity contribution in [1.29, 1.82) is 0 Å². The third-order valence-corrected chi connectivity index (χ3v) is 4.74. The van der Waals surface area contributed by atoms with Crippen molar-refractivity contribution in [2.75, 3.05) is 0 Å². The van der Waals surface area contributed by atoms with Crippen LogP contribution in [0.5, 0.6) is 0 Å². The highest BCUT2D eigenvalue weighted by Crippen LogP contribution is 2.23. The van der Waals surface area contributed by atoms with E-state index in [2.05, 4.69) is 5.32 Å². The van der Waals surface area contributed by atoms with Crippen LogP contribution in [0.2, 0.25) is 0 Å². The van der Waals surface area contributed by atoms with Gasteiger partial charge in [0.05, 0.1) is 0 Å². The van der Waals surface area contributed by atoms with E-state index >= 15 is 0 Å². The van der Waals surface area contributed by atoms with Crippen LogP contribution < -0.4 is 5.32 Å². The molecule has 1 saturated carbocycles. The highest BCUT2D eigenvalue weighted by molar-refractivity contribution is 5.94. The third kappa shape index (κ3) is 4.64. The molecule has 0 aliphatic heterocycles. The fourth-order valence-electron chi connectivity index (χ4n) is 3.13. The third-order valence-electron chi connectivity index (χ3n) is 4.74. The van der Waals surface area contributed by atoms with Crippen LogP contribution in [-0.4, -0.2) is 29.8 Å². The second-order valence-electron chi connectivity index (χ2n) is 6.83. The van der Waals surface area contributed by atoms with Crippen molar-refractivity contribution in [3.8, 4) is 11.3 Å². The maximum absolute atomic E-state index is 12.2. The van der Waals surface area contributed by atoms with Crippen LogP contribution in [0, 0.1) is 0 Å². The molecule has 1 aliphatic rings. The van der Waals surface area contributed by atoms with Crippen LogP contribution in [0.25, 0.3) is 11.3 Å². The predicted molar refractivity (Wildman–Crippen MR) is 99.4 cm³/mol. The molecule has 1 amide bonds. The van der Waals surface area contributed by atoms with Gasteiger partial charge in [-0.1, -0.05) is 37.1 Å². The SMILES string of the molecule is CC(=O)c1ccc(-c2ccc(C(=O)OC(C)C(=O)NC3CCCC3)o2)cc1. The summed E-state index contributed by atoms with van der Waals surface area (Å²) in [7, 11) is 0. The van der Waals surface area contributed by atoms with E-state index in [0.717, 1.165) is 31.2 Å². The molecule has 0 saturated heterocycles. The van der Waals surface area contributed by atoms with Gasteiger partial charge in [-0.25, -0.2) is 4.79 Å². The summed E-state index contributed by atoms with van der Waals surface area (Å²) in [6.45, 7) is 3.05. The maximum Gasteiger partial charge on any atom is 0.375 e. The van der Waals surface area contributed by atoms with Gasteiger partial charge in [-0.15, -0.1) is 0 Å². The number of rotatable bonds is 6. The molecule has 1 N–H and O–H groups in total. The molecule has 2 aromatic rings. The van der Waals surface area contributed by atoms with E-state index in [-0.39, 0.29) is 23.5 Å². The van der Waals surface area contributed by atoms with Gasteiger partial charge in [0.15, 0.2) is 11.9 Å². The highest BCUT2D eigenvalue weighted by Gasteiger charge is 2.24. The second-order valence-corrected chi connectivity index (χ2v) is 6.83. The van der Waals surface area contributed by atoms with Crippen molar-refractivity contribution in [2.45, 2.75) is 51.7 Å². The van der Waals surface area contributed by atoms with Crippen LogP contribution in [0.15, 0.2) is 40.8 Å². The number of esters is 1. The summed E-state index contributed by atoms with van der Waals surface area (Å²) >= 11 is 0. The Morgan fingerprint density at radius 2 is 1.74 bits per heavy atom. The molecular weight excluding hydrogens is 346 g/mol. The first kappa shape index (κ1) is 18.9. The average molecular weight is 369 g/mol. The molecular formula is C21H23NO5. The lowest BCUT2D eigenvalue weighted by Crippen LogP contribution is -2.40. The summed E-state index contributed by atoms with van der Waals surface area (Å²) in [5.74, 6) is -0.478. The zero-order chi connectivity index (χ0) is 19.4. The number of nitrogens with one attached hydrogen (secondary N) is 1. The van der Waals surface area contributed by atoms with Crippen LogP contribution in [0.3, 0.4) is 0 Å². The Hall–Kier alpha value is -2.89. The Bertz CT molecular complexity index is 831. The molecule has 1 heterocycles. The van der Waals surface area contributed by atoms with Crippen molar-refractivity contribution in [1.82, 2.24) is 5.32 Å². The lowest BCUT2D eigenvalue weighted by atomic mass is 10.1. The van der Waals surface area contributed by atoms with Gasteiger partial charge in [-0.3, -0.25) is 9.59 Å². The van der Waals surface area contributed by atoms with Gasteiger partial charge in [0, 0.05) is 17.2 Å². The Morgan fingerprint density at radius 1 is 1.07 bits per heavy atom. The van der Waals surface area contributed by atoms with Gasteiger partial charge in [-0.2, -0.15) is 0 Å². The van der Waals surface area contributed by atoms with E-state index in [1.807, 2.05) is 0 Å². The van der Waals surface area contributed by atoms with Crippen LogP contribution in [0.4, 0.5) is 0 Å². The van der Waals surface area contributed by atoms with Gasteiger partial charge in [0.25, 0.3) is 5.91 Å². The lowest BCUT2D eigenvalue weighted by Gasteiger charge is -2.16. The van der Waals surface area contributed by atoms with Gasteiger partial charge < -0.3 is 14.5 Å². The number of Topliss-reactive ketones (excluding diaryl/α,β-unsaturated/α-hetero) is 1. The number of ketones is 1. The monoisotopic (exact) mass is 369 g/mol. The molecule has 1 aromatic heterocycles. The number of hydrogen-bond donors (Lipinski definition) is 1. The van der Waals surface area contributed by atoms with Crippen molar-refractivity contribution in [3.63, 3.8) is 0 Å². The van der Waals surface area contributed by atoms with Gasteiger partial charge in [-0.05, 0) is 38.8 Å². The number of carbonyl (C=O) groups is 3. The van der Waals surface area contributed by atoms with E-state index in [1.54, 1.807) is 37.3 Å². The fraction of sp³-hybridized carbons (Fsp3) is 0.381. The number of carbonyl (C=O) groups excluding carboxylic acids is 3. The Morgan fingerprint density at radius 3 is 2.37 bits per heavy atom. The number of benzene rings is 1. The Labute approximate surface area is 157 Å². The molecule has 6 nitrogen and oxygen atoms in total. The van der Waals surface area contributed by atoms with E-state index in [9.17, 15) is 14.4 Å². The molecule has 6 heteroatoms. The number of ether oxygens (including phenoxy) is 1. The quantitative estimate of drug-likeness (QED) is 0.619. The van der Waals surface area contributed by atoms with Gasteiger partial charge in [0.1, 0.15) is 5.76 Å². The van der Waals surface area contributed by atoms with Crippen LogP contribution in [-0.2, 0) is 9.53 Å². The van der Waals surface area contributed by atoms with E-state index in [0.29, 0.717) is 11.3 Å². The second kappa shape index (κ2) is 8.20. The van der Waals surface area contributed by atoms with Crippen molar-refractivity contribution in [3.05, 3.63) is 47.7 Å². The zero-order valence-corrected chi connectivity index (χ0v) is 15.5. The first-order valence-corrected chi connectivity index (χ1v) is 9.16. The molecule has 1 aliphatic carbocycles. The van der Waals surface area contributed by atoms with Crippen LogP contribution in [0.1, 0.15) is 60.4 Å². The predicted octanol–water partition coefficient (Wildman–Crippen LogP) is 3.75. The Balaban J connectivity index is 1.60. The molecule has 1 fully saturated rings. The smallest absolute Gasteiger partial charge is 0.375 e. The van der Waals surface area contributed by atoms with Crippen molar-refractivity contribution in [2.24, 2.45) is 0 Å². The summed E-state index contributed by atoms with van der Waals surface area (Å²) in [6, 6.07) is 10.2. The molecule has 27 heavy (non-hydrogen) atoms. The minimum atomic E-state index is -0.887. The minimum Gasteiger partial charge on any atom is -0.449 e. The highest BCUT2D eigenvalue weighted by atomic mass is 16.6. The first-order valence-electron chi connectivity index (χ1n) is 9.16. The van der Waals surface area contributed by atoms with E-state index in [4.69, 9.17) is 9.15 Å². The maximum atomic E-state index is 12.2. The molecule has 0 spiro atoms. The molecule has 0 bridgehead atoms. The molecule has 0 radical (unpaired) electrons. The zero-order valence-electron chi connectivity index (χ0n) is 15.5. The summed E-state index contributed by atoms with van der Waals surface area (Å²) in [6.07, 6.45) is 3.28. The van der Waals surface area contributed by atoms with E-state index < -0.39 is 12.1 Å². The molecule has 3 rings (SSSR count). The Kier molecular flexibility index (Phi) is 5.74. The number of furan rings is 1. The summed E-state index contributed by atoms with van der Waals surface area (Å²) in [5.41, 5.74) is 1.35. The number of hydrogen-bond acceptors (Lipinski definition) is 5. The first-order chi connectivity index (χ1) is 12.9. The number of amides is 1. The minimum absolute atomic E-state index is 0.0184. The molecule has 142 valence electrons. The molecule has 1 atom stereocenters. The molecule has 1 unspecified atom stereocenters. The summed E-state index contributed by atoms with van der Waals surface area (Å²) in [4.78, 5) is 35.7. The fourth-order valence-corrected chi connectivity index (χ4v) is 3.13. The van der Waals surface area contributed by atoms with Crippen molar-refractivity contribution >= 4 is 17.7 Å². The van der Waals surface area contributed by atoms with Crippen molar-refractivity contribution < 1.29 is 23.5 Å². The average Bonchev–Trinajstić information content (AvgIpc) is 3.33. The standard InChI is InChI=1S/C21H23NO5/c1-13(23)15-7-9-16(10-8-15)18-11-12-19(27-18)21(25)26-14(2)20(24)22-17-5-3-4-6-17/h7-12,14,17H,3-6H2,1-2H3,(H,22,24). The topological polar surface area (TPSA) is 85.6 Å². The summed E-state index contributed by atoms with van der Waals surface area (Å²) in [5, 5.41) is 2.91. The van der Waals surface area contributed by atoms with E-state index in [1.165, 1.54) is 13.0 Å². The normalized spacial score (nSPS) is 15.3. The van der Waals surface area contributed by atoms with Crippen LogP contribution >= 0.6 is 0 Å². The lowest BCUT2D eigenvalue weighted by molar-refractivity contribution is -0.129. The summed E-state index contributed by atoms with van der Waals surface area (Å²) < 4.78 is 10.8.